The number of aliphatic hydroxyl groups is 1. The van der Waals surface area contributed by atoms with E-state index in [1.165, 1.54) is 11.3 Å². The number of aliphatic hydroxyl groups excluding tert-OH is 1. The fourth-order valence-electron chi connectivity index (χ4n) is 2.35. The van der Waals surface area contributed by atoms with Crippen molar-refractivity contribution < 1.29 is 5.11 Å². The molecule has 1 saturated heterocycles. The minimum absolute atomic E-state index is 0.0754. The monoisotopic (exact) mass is 252 g/mol. The third kappa shape index (κ3) is 1.77. The molecule has 4 N–H and O–H groups in total. The van der Waals surface area contributed by atoms with E-state index in [4.69, 9.17) is 12.2 Å². The quantitative estimate of drug-likeness (QED) is 0.501. The highest BCUT2D eigenvalue weighted by Crippen LogP contribution is 2.26. The van der Waals surface area contributed by atoms with Crippen LogP contribution < -0.4 is 16.0 Å². The summed E-state index contributed by atoms with van der Waals surface area (Å²) in [5, 5.41) is 19.8. The second-order valence-electron chi connectivity index (χ2n) is 4.56. The normalized spacial score (nSPS) is 27.9. The Hall–Kier alpha value is -1.27. The molecule has 1 atom stereocenters. The first-order valence-corrected chi connectivity index (χ1v) is 6.30. The van der Waals surface area contributed by atoms with E-state index in [1.54, 1.807) is 0 Å². The van der Waals surface area contributed by atoms with Crippen LogP contribution >= 0.6 is 12.2 Å². The zero-order chi connectivity index (χ0) is 12.0. The van der Waals surface area contributed by atoms with Crippen LogP contribution in [0.25, 0.3) is 0 Å². The van der Waals surface area contributed by atoms with Gasteiger partial charge in [0.2, 0.25) is 0 Å². The van der Waals surface area contributed by atoms with Crippen molar-refractivity contribution in [2.45, 2.75) is 25.6 Å². The largest absolute Gasteiger partial charge is 0.389 e. The maximum Gasteiger partial charge on any atom is 0.173 e. The predicted octanol–water partition coefficient (Wildman–Crippen LogP) is -0.425. The zero-order valence-electron chi connectivity index (χ0n) is 9.66. The van der Waals surface area contributed by atoms with Gasteiger partial charge in [-0.2, -0.15) is 0 Å². The van der Waals surface area contributed by atoms with Crippen LogP contribution in [0.4, 0.5) is 0 Å². The van der Waals surface area contributed by atoms with E-state index in [0.717, 1.165) is 12.2 Å². The number of likely N-dealkylation sites (tertiary alicyclic amines) is 1. The third-order valence-electron chi connectivity index (χ3n) is 3.31. The molecule has 1 unspecified atom stereocenters. The molecule has 0 amide bonds. The van der Waals surface area contributed by atoms with E-state index < -0.39 is 0 Å². The Balaban J connectivity index is 1.90. The molecule has 92 valence electrons. The molecule has 0 aromatic heterocycles. The molecule has 0 saturated carbocycles. The summed E-state index contributed by atoms with van der Waals surface area (Å²) in [5.74, 6) is 1.03. The van der Waals surface area contributed by atoms with Crippen molar-refractivity contribution in [3.63, 3.8) is 0 Å². The van der Waals surface area contributed by atoms with Gasteiger partial charge in [0, 0.05) is 24.4 Å². The van der Waals surface area contributed by atoms with E-state index >= 15 is 0 Å². The smallest absolute Gasteiger partial charge is 0.173 e. The minimum atomic E-state index is -0.212. The SMILES string of the molecule is CCC1=CC2=C(N3CC(O)C3)NC(=S)NC2N1. The Labute approximate surface area is 106 Å². The molecular formula is C11H16N4OS. The van der Waals surface area contributed by atoms with Crippen LogP contribution in [0, 0.1) is 0 Å². The van der Waals surface area contributed by atoms with Gasteiger partial charge in [-0.05, 0) is 24.7 Å². The lowest BCUT2D eigenvalue weighted by Crippen LogP contribution is -2.59. The van der Waals surface area contributed by atoms with Crippen LogP contribution in [0.15, 0.2) is 23.2 Å². The molecule has 3 aliphatic heterocycles. The summed E-state index contributed by atoms with van der Waals surface area (Å²) < 4.78 is 0. The summed E-state index contributed by atoms with van der Waals surface area (Å²) in [6.45, 7) is 3.47. The van der Waals surface area contributed by atoms with Crippen LogP contribution in [-0.2, 0) is 0 Å². The highest BCUT2D eigenvalue weighted by molar-refractivity contribution is 7.80. The molecule has 1 fully saturated rings. The van der Waals surface area contributed by atoms with Gasteiger partial charge in [0.15, 0.2) is 5.11 Å². The lowest BCUT2D eigenvalue weighted by atomic mass is 10.1. The van der Waals surface area contributed by atoms with Crippen LogP contribution in [0.5, 0.6) is 0 Å². The average molecular weight is 252 g/mol. The number of β-amino-alcohol motifs (C(OH)–C–C–N with tert-alkyl or cyclic N) is 1. The van der Waals surface area contributed by atoms with Crippen molar-refractivity contribution in [1.29, 1.82) is 0 Å². The number of nitrogens with one attached hydrogen (secondary N) is 3. The van der Waals surface area contributed by atoms with Gasteiger partial charge in [0.25, 0.3) is 0 Å². The van der Waals surface area contributed by atoms with Crippen LogP contribution in [0.3, 0.4) is 0 Å². The topological polar surface area (TPSA) is 59.6 Å². The van der Waals surface area contributed by atoms with E-state index in [9.17, 15) is 5.11 Å². The fourth-order valence-corrected chi connectivity index (χ4v) is 2.56. The number of nitrogens with zero attached hydrogens (tertiary/aromatic N) is 1. The van der Waals surface area contributed by atoms with Gasteiger partial charge >= 0.3 is 0 Å². The minimum Gasteiger partial charge on any atom is -0.389 e. The van der Waals surface area contributed by atoms with Gasteiger partial charge in [0.1, 0.15) is 12.0 Å². The van der Waals surface area contributed by atoms with Crippen LogP contribution in [-0.4, -0.2) is 40.5 Å². The second-order valence-corrected chi connectivity index (χ2v) is 4.97. The first kappa shape index (κ1) is 10.9. The molecule has 0 aliphatic carbocycles. The molecule has 5 nitrogen and oxygen atoms in total. The molecule has 17 heavy (non-hydrogen) atoms. The van der Waals surface area contributed by atoms with Crippen LogP contribution in [0.2, 0.25) is 0 Å². The molecule has 0 aromatic rings. The number of fused-ring (bicyclic) bond motifs is 1. The molecule has 0 radical (unpaired) electrons. The van der Waals surface area contributed by atoms with Gasteiger partial charge < -0.3 is 26.0 Å². The Morgan fingerprint density at radius 3 is 2.88 bits per heavy atom. The molecule has 3 heterocycles. The average Bonchev–Trinajstić information content (AvgIpc) is 2.66. The Kier molecular flexibility index (Phi) is 2.48. The van der Waals surface area contributed by atoms with Gasteiger partial charge in [-0.1, -0.05) is 6.92 Å². The maximum absolute atomic E-state index is 9.38. The highest BCUT2D eigenvalue weighted by atomic mass is 32.1. The number of thiocarbonyl (C=S) groups is 1. The molecule has 0 spiro atoms. The first-order valence-electron chi connectivity index (χ1n) is 5.89. The summed E-state index contributed by atoms with van der Waals surface area (Å²) in [6.07, 6.45) is 3.00. The fraction of sp³-hybridized carbons (Fsp3) is 0.545. The standard InChI is InChI=1S/C11H16N4OS/c1-2-6-3-8-9(12-6)13-11(17)14-10(8)15-4-7(16)5-15/h3,7,9,12,16H,2,4-5H2,1H3,(H2,13,14,17). The Morgan fingerprint density at radius 2 is 2.24 bits per heavy atom. The van der Waals surface area contributed by atoms with Gasteiger partial charge in [-0.15, -0.1) is 0 Å². The van der Waals surface area contributed by atoms with Gasteiger partial charge in [-0.3, -0.25) is 0 Å². The zero-order valence-corrected chi connectivity index (χ0v) is 10.5. The lowest BCUT2D eigenvalue weighted by molar-refractivity contribution is 0.0205. The second kappa shape index (κ2) is 3.89. The molecular weight excluding hydrogens is 236 g/mol. The van der Waals surface area contributed by atoms with Gasteiger partial charge in [-0.25, -0.2) is 0 Å². The summed E-state index contributed by atoms with van der Waals surface area (Å²) in [7, 11) is 0. The molecule has 3 rings (SSSR count). The van der Waals surface area contributed by atoms with E-state index in [0.29, 0.717) is 18.2 Å². The molecule has 0 bridgehead atoms. The van der Waals surface area contributed by atoms with Crippen molar-refractivity contribution >= 4 is 17.3 Å². The summed E-state index contributed by atoms with van der Waals surface area (Å²) in [5.41, 5.74) is 2.39. The van der Waals surface area contributed by atoms with Crippen molar-refractivity contribution in [1.82, 2.24) is 20.9 Å². The number of allylic oxidation sites excluding steroid dienone is 1. The molecule has 6 heteroatoms. The summed E-state index contributed by atoms with van der Waals surface area (Å²) >= 11 is 5.19. The van der Waals surface area contributed by atoms with E-state index in [1.807, 2.05) is 0 Å². The Morgan fingerprint density at radius 1 is 1.47 bits per heavy atom. The highest BCUT2D eigenvalue weighted by Gasteiger charge is 2.35. The number of hydrogen-bond donors (Lipinski definition) is 4. The third-order valence-corrected chi connectivity index (χ3v) is 3.53. The van der Waals surface area contributed by atoms with Crippen molar-refractivity contribution in [2.24, 2.45) is 0 Å². The van der Waals surface area contributed by atoms with Crippen molar-refractivity contribution in [3.8, 4) is 0 Å². The predicted molar refractivity (Wildman–Crippen MR) is 68.8 cm³/mol. The van der Waals surface area contributed by atoms with Gasteiger partial charge in [0.05, 0.1) is 6.10 Å². The first-order chi connectivity index (χ1) is 8.17. The summed E-state index contributed by atoms with van der Waals surface area (Å²) in [6, 6.07) is 0. The Bertz CT molecular complexity index is 425. The van der Waals surface area contributed by atoms with E-state index in [2.05, 4.69) is 33.9 Å². The van der Waals surface area contributed by atoms with Crippen molar-refractivity contribution in [3.05, 3.63) is 23.2 Å². The van der Waals surface area contributed by atoms with Crippen molar-refractivity contribution in [2.75, 3.05) is 13.1 Å². The number of rotatable bonds is 2. The lowest BCUT2D eigenvalue weighted by Gasteiger charge is -2.42. The van der Waals surface area contributed by atoms with E-state index in [-0.39, 0.29) is 12.3 Å². The molecule has 0 aromatic carbocycles. The maximum atomic E-state index is 9.38. The van der Waals surface area contributed by atoms with Crippen LogP contribution in [0.1, 0.15) is 13.3 Å². The molecule has 3 aliphatic rings. The summed E-state index contributed by atoms with van der Waals surface area (Å²) in [4.78, 5) is 2.12. The number of hydrogen-bond acceptors (Lipinski definition) is 4.